The van der Waals surface area contributed by atoms with E-state index in [-0.39, 0.29) is 28.6 Å². The van der Waals surface area contributed by atoms with Crippen LogP contribution in [-0.2, 0) is 19.9 Å². The number of aromatic amines is 1. The number of nitrogens with one attached hydrogen (secondary N) is 4. The van der Waals surface area contributed by atoms with E-state index in [0.717, 1.165) is 24.0 Å². The fraction of sp³-hybridized carbons (Fsp3) is 0.469. The number of anilines is 4. The summed E-state index contributed by atoms with van der Waals surface area (Å²) in [6, 6.07) is 10.8. The first kappa shape index (κ1) is 34.4. The molecule has 1 fully saturated rings. The van der Waals surface area contributed by atoms with Gasteiger partial charge in [0.1, 0.15) is 5.75 Å². The number of hydrogen-bond acceptors (Lipinski definition) is 11. The monoisotopic (exact) mass is 684 g/mol. The van der Waals surface area contributed by atoms with E-state index in [1.54, 1.807) is 49.3 Å². The van der Waals surface area contributed by atoms with Crippen LogP contribution in [0.15, 0.2) is 41.3 Å². The molecule has 0 atom stereocenters. The molecule has 1 aliphatic heterocycles. The molecule has 0 spiro atoms. The summed E-state index contributed by atoms with van der Waals surface area (Å²) in [7, 11) is -6.76. The number of H-pyrrole nitrogens is 1. The van der Waals surface area contributed by atoms with E-state index in [4.69, 9.17) is 9.72 Å². The average molecular weight is 685 g/mol. The highest BCUT2D eigenvalue weighted by molar-refractivity contribution is 7.92. The van der Waals surface area contributed by atoms with E-state index >= 15 is 0 Å². The molecule has 4 aromatic rings. The Balaban J connectivity index is 1.45. The summed E-state index contributed by atoms with van der Waals surface area (Å²) in [5, 5.41) is 10.6. The second-order valence-electron chi connectivity index (χ2n) is 12.3. The Bertz CT molecular complexity index is 1970. The van der Waals surface area contributed by atoms with Crippen LogP contribution in [0.2, 0.25) is 0 Å². The summed E-state index contributed by atoms with van der Waals surface area (Å²) in [6.45, 7) is 13.7. The number of rotatable bonds is 12. The van der Waals surface area contributed by atoms with Gasteiger partial charge in [-0.2, -0.15) is 15.1 Å². The van der Waals surface area contributed by atoms with E-state index in [1.807, 2.05) is 39.8 Å². The smallest absolute Gasteiger partial charge is 0.231 e. The Morgan fingerprint density at radius 2 is 1.68 bits per heavy atom. The lowest BCUT2D eigenvalue weighted by Gasteiger charge is -2.32. The lowest BCUT2D eigenvalue weighted by Crippen LogP contribution is -2.38. The molecular formula is C32H44N8O5S2. The lowest BCUT2D eigenvalue weighted by atomic mass is 9.87. The van der Waals surface area contributed by atoms with Crippen molar-refractivity contribution in [1.29, 1.82) is 0 Å². The van der Waals surface area contributed by atoms with Gasteiger partial charge in [-0.15, -0.1) is 0 Å². The molecule has 254 valence electrons. The number of hydrazine groups is 1. The summed E-state index contributed by atoms with van der Waals surface area (Å²) >= 11 is 0. The number of benzene rings is 2. The van der Waals surface area contributed by atoms with E-state index in [2.05, 4.69) is 31.3 Å². The van der Waals surface area contributed by atoms with Crippen molar-refractivity contribution in [1.82, 2.24) is 24.5 Å². The summed E-state index contributed by atoms with van der Waals surface area (Å²) in [6.07, 6.45) is 1.36. The number of hydrogen-bond donors (Lipinski definition) is 4. The van der Waals surface area contributed by atoms with Crippen LogP contribution in [-0.4, -0.2) is 71.5 Å². The molecule has 15 heteroatoms. The van der Waals surface area contributed by atoms with E-state index < -0.39 is 25.1 Å². The van der Waals surface area contributed by atoms with Gasteiger partial charge >= 0.3 is 0 Å². The van der Waals surface area contributed by atoms with E-state index in [1.165, 1.54) is 0 Å². The molecule has 0 radical (unpaired) electrons. The largest absolute Gasteiger partial charge is 0.489 e. The van der Waals surface area contributed by atoms with Gasteiger partial charge in [0.15, 0.2) is 21.3 Å². The molecule has 1 saturated heterocycles. The van der Waals surface area contributed by atoms with Crippen LogP contribution in [0.3, 0.4) is 0 Å². The molecule has 1 aliphatic rings. The number of ether oxygens (including phenoxy) is 1. The number of aryl methyl sites for hydroxylation is 2. The normalized spacial score (nSPS) is 15.0. The Morgan fingerprint density at radius 3 is 2.34 bits per heavy atom. The van der Waals surface area contributed by atoms with Gasteiger partial charge in [0, 0.05) is 13.1 Å². The molecular weight excluding hydrogens is 641 g/mol. The van der Waals surface area contributed by atoms with Crippen molar-refractivity contribution in [2.75, 3.05) is 35.0 Å². The second kappa shape index (κ2) is 13.6. The quantitative estimate of drug-likeness (QED) is 0.136. The van der Waals surface area contributed by atoms with Crippen LogP contribution < -0.4 is 20.9 Å². The van der Waals surface area contributed by atoms with Crippen LogP contribution in [0.5, 0.6) is 5.75 Å². The predicted octanol–water partition coefficient (Wildman–Crippen LogP) is 5.65. The van der Waals surface area contributed by atoms with Crippen molar-refractivity contribution in [3.8, 4) is 5.75 Å². The molecule has 2 aromatic carbocycles. The molecule has 13 nitrogen and oxygen atoms in total. The lowest BCUT2D eigenvalue weighted by molar-refractivity contribution is 0.243. The fourth-order valence-corrected chi connectivity index (χ4v) is 8.10. The van der Waals surface area contributed by atoms with Gasteiger partial charge in [0.05, 0.1) is 44.5 Å². The second-order valence-corrected chi connectivity index (χ2v) is 17.1. The van der Waals surface area contributed by atoms with Crippen molar-refractivity contribution < 1.29 is 21.6 Å². The third-order valence-corrected chi connectivity index (χ3v) is 12.5. The average Bonchev–Trinajstić information content (AvgIpc) is 3.41. The maximum Gasteiger partial charge on any atom is 0.231 e. The fourth-order valence-electron chi connectivity index (χ4n) is 5.76. The van der Waals surface area contributed by atoms with Crippen LogP contribution in [0.4, 0.5) is 23.1 Å². The number of fused-ring (bicyclic) bond motifs is 1. The number of para-hydroxylation sites is 1. The zero-order valence-electron chi connectivity index (χ0n) is 27.9. The minimum absolute atomic E-state index is 0.107. The highest BCUT2D eigenvalue weighted by atomic mass is 32.2. The van der Waals surface area contributed by atoms with Gasteiger partial charge in [0.25, 0.3) is 0 Å². The first-order chi connectivity index (χ1) is 22.2. The van der Waals surface area contributed by atoms with Crippen molar-refractivity contribution in [2.45, 2.75) is 83.5 Å². The molecule has 0 amide bonds. The Kier molecular flexibility index (Phi) is 9.99. The van der Waals surface area contributed by atoms with Gasteiger partial charge in [-0.1, -0.05) is 12.1 Å². The molecule has 0 bridgehead atoms. The number of piperidine rings is 1. The highest BCUT2D eigenvalue weighted by Gasteiger charge is 2.29. The van der Waals surface area contributed by atoms with Crippen molar-refractivity contribution in [3.63, 3.8) is 0 Å². The standard InChI is InChI=1S/C32H44N8O5S2/c1-8-46(41,42)40-15-13-23(14-16-40)24-18-27(45-19(2)3)26(17-21(24)6)33-32-34-30-29(22(7)36-38-30)31(35-32)39-37-25-11-9-10-12-28(25)47(43,44)20(4)5/h9-12,17-20,23,37H,8,13-16H2,1-7H3,(H3,33,34,35,36,38,39). The number of aromatic nitrogens is 4. The zero-order valence-corrected chi connectivity index (χ0v) is 29.5. The van der Waals surface area contributed by atoms with Crippen LogP contribution in [0, 0.1) is 13.8 Å². The summed E-state index contributed by atoms with van der Waals surface area (Å²) in [4.78, 5) is 9.60. The van der Waals surface area contributed by atoms with E-state index in [0.29, 0.717) is 52.8 Å². The van der Waals surface area contributed by atoms with E-state index in [9.17, 15) is 16.8 Å². The van der Waals surface area contributed by atoms with Crippen molar-refractivity contribution in [3.05, 3.63) is 53.2 Å². The van der Waals surface area contributed by atoms with Crippen LogP contribution in [0.1, 0.15) is 70.2 Å². The van der Waals surface area contributed by atoms with Crippen molar-refractivity contribution >= 4 is 54.0 Å². The molecule has 5 rings (SSSR count). The van der Waals surface area contributed by atoms with Crippen LogP contribution >= 0.6 is 0 Å². The van der Waals surface area contributed by atoms with Crippen LogP contribution in [0.25, 0.3) is 11.0 Å². The zero-order chi connectivity index (χ0) is 34.1. The third kappa shape index (κ3) is 7.31. The van der Waals surface area contributed by atoms with Gasteiger partial charge in [0.2, 0.25) is 16.0 Å². The molecule has 2 aromatic heterocycles. The summed E-state index contributed by atoms with van der Waals surface area (Å²) in [5.41, 5.74) is 10.5. The maximum absolute atomic E-state index is 13.0. The number of nitrogens with zero attached hydrogens (tertiary/aromatic N) is 4. The number of sulfone groups is 1. The number of sulfonamides is 1. The van der Waals surface area contributed by atoms with Gasteiger partial charge in [-0.25, -0.2) is 21.1 Å². The SMILES string of the molecule is CCS(=O)(=O)N1CCC(c2cc(OC(C)C)c(Nc3nc(NNc4ccccc4S(=O)(=O)C(C)C)c4c(C)n[nH]c4n3)cc2C)CC1. The molecule has 0 aliphatic carbocycles. The summed E-state index contributed by atoms with van der Waals surface area (Å²) < 4.78 is 58.7. The topological polar surface area (TPSA) is 171 Å². The maximum atomic E-state index is 13.0. The van der Waals surface area contributed by atoms with Gasteiger partial charge < -0.3 is 10.1 Å². The molecule has 0 unspecified atom stereocenters. The Labute approximate surface area is 276 Å². The molecule has 4 N–H and O–H groups in total. The first-order valence-electron chi connectivity index (χ1n) is 15.8. The highest BCUT2D eigenvalue weighted by Crippen LogP contribution is 2.39. The van der Waals surface area contributed by atoms with Gasteiger partial charge in [-0.05, 0) is 103 Å². The third-order valence-electron chi connectivity index (χ3n) is 8.36. The molecule has 47 heavy (non-hydrogen) atoms. The molecule has 0 saturated carbocycles. The van der Waals surface area contributed by atoms with Gasteiger partial charge in [-0.3, -0.25) is 16.0 Å². The minimum Gasteiger partial charge on any atom is -0.489 e. The minimum atomic E-state index is -3.55. The Hall–Kier alpha value is -3.95. The summed E-state index contributed by atoms with van der Waals surface area (Å²) in [5.74, 6) is 1.61. The molecule has 3 heterocycles. The predicted molar refractivity (Wildman–Crippen MR) is 186 cm³/mol. The first-order valence-corrected chi connectivity index (χ1v) is 19.0. The Morgan fingerprint density at radius 1 is 0.979 bits per heavy atom. The van der Waals surface area contributed by atoms with Crippen molar-refractivity contribution in [2.24, 2.45) is 0 Å².